The summed E-state index contributed by atoms with van der Waals surface area (Å²) in [7, 11) is 0. The van der Waals surface area contributed by atoms with E-state index in [1.165, 1.54) is 0 Å². The van der Waals surface area contributed by atoms with Crippen LogP contribution in [-0.4, -0.2) is 18.8 Å². The molecule has 0 radical (unpaired) electrons. The van der Waals surface area contributed by atoms with Gasteiger partial charge >= 0.3 is 0 Å². The Morgan fingerprint density at radius 1 is 1.33 bits per heavy atom. The first-order chi connectivity index (χ1) is 5.75. The first-order valence-electron chi connectivity index (χ1n) is 4.03. The number of hydrogen-bond donors (Lipinski definition) is 1. The lowest BCUT2D eigenvalue weighted by molar-refractivity contribution is 0.852. The molecule has 0 saturated heterocycles. The van der Waals surface area contributed by atoms with Crippen LogP contribution in [0, 0.1) is 0 Å². The third kappa shape index (κ3) is 2.47. The second kappa shape index (κ2) is 4.85. The maximum atomic E-state index is 5.94. The minimum atomic E-state index is 0.561. The summed E-state index contributed by atoms with van der Waals surface area (Å²) >= 11 is 11.8. The minimum absolute atomic E-state index is 0.561. The lowest BCUT2D eigenvalue weighted by atomic mass is 10.1. The highest BCUT2D eigenvalue weighted by atomic mass is 35.5. The van der Waals surface area contributed by atoms with Crippen molar-refractivity contribution in [2.45, 2.75) is 19.3 Å². The number of hydrogen-bond acceptors (Lipinski definition) is 2. The SMILES string of the molecule is NCCN=C1CCCC(Cl)=C1Cl. The van der Waals surface area contributed by atoms with Gasteiger partial charge in [-0.1, -0.05) is 23.2 Å². The lowest BCUT2D eigenvalue weighted by Gasteiger charge is -2.13. The highest BCUT2D eigenvalue weighted by molar-refractivity contribution is 6.49. The van der Waals surface area contributed by atoms with E-state index in [0.29, 0.717) is 18.1 Å². The third-order valence-corrected chi connectivity index (χ3v) is 2.65. The summed E-state index contributed by atoms with van der Waals surface area (Å²) in [5.74, 6) is 0. The molecule has 0 amide bonds. The maximum absolute atomic E-state index is 5.94. The number of rotatable bonds is 2. The Hall–Kier alpha value is -0.0500. The van der Waals surface area contributed by atoms with Crippen LogP contribution in [0.3, 0.4) is 0 Å². The summed E-state index contributed by atoms with van der Waals surface area (Å²) < 4.78 is 0. The first kappa shape index (κ1) is 10.0. The van der Waals surface area contributed by atoms with Crippen molar-refractivity contribution in [2.75, 3.05) is 13.1 Å². The van der Waals surface area contributed by atoms with Gasteiger partial charge in [-0.05, 0) is 19.3 Å². The molecule has 0 aromatic rings. The van der Waals surface area contributed by atoms with Gasteiger partial charge < -0.3 is 5.73 Å². The van der Waals surface area contributed by atoms with Crippen LogP contribution in [0.25, 0.3) is 0 Å². The molecule has 0 fully saturated rings. The van der Waals surface area contributed by atoms with E-state index in [9.17, 15) is 0 Å². The van der Waals surface area contributed by atoms with Crippen molar-refractivity contribution >= 4 is 28.9 Å². The third-order valence-electron chi connectivity index (χ3n) is 1.73. The molecule has 0 bridgehead atoms. The summed E-state index contributed by atoms with van der Waals surface area (Å²) in [6.45, 7) is 1.20. The monoisotopic (exact) mass is 206 g/mol. The zero-order chi connectivity index (χ0) is 8.97. The van der Waals surface area contributed by atoms with Crippen molar-refractivity contribution in [2.24, 2.45) is 10.7 Å². The van der Waals surface area contributed by atoms with Crippen LogP contribution in [0.15, 0.2) is 15.1 Å². The molecule has 1 aliphatic carbocycles. The molecular formula is C8H12Cl2N2. The number of nitrogens with two attached hydrogens (primary N) is 1. The zero-order valence-electron chi connectivity index (χ0n) is 6.82. The number of allylic oxidation sites excluding steroid dienone is 2. The van der Waals surface area contributed by atoms with Gasteiger partial charge in [0.2, 0.25) is 0 Å². The van der Waals surface area contributed by atoms with E-state index in [1.807, 2.05) is 0 Å². The minimum Gasteiger partial charge on any atom is -0.329 e. The summed E-state index contributed by atoms with van der Waals surface area (Å²) in [6, 6.07) is 0. The summed E-state index contributed by atoms with van der Waals surface area (Å²) in [6.07, 6.45) is 2.84. The first-order valence-corrected chi connectivity index (χ1v) is 4.79. The van der Waals surface area contributed by atoms with Crippen LogP contribution >= 0.6 is 23.2 Å². The van der Waals surface area contributed by atoms with Gasteiger partial charge in [0.05, 0.1) is 17.3 Å². The zero-order valence-corrected chi connectivity index (χ0v) is 8.33. The molecule has 68 valence electrons. The predicted molar refractivity (Wildman–Crippen MR) is 53.9 cm³/mol. The Kier molecular flexibility index (Phi) is 4.06. The Labute approximate surface area is 82.4 Å². The normalized spacial score (nSPS) is 22.1. The molecule has 1 aliphatic rings. The average Bonchev–Trinajstić information content (AvgIpc) is 2.08. The molecule has 0 spiro atoms. The fourth-order valence-electron chi connectivity index (χ4n) is 1.14. The Bertz CT molecular complexity index is 221. The Morgan fingerprint density at radius 2 is 2.08 bits per heavy atom. The second-order valence-electron chi connectivity index (χ2n) is 2.69. The maximum Gasteiger partial charge on any atom is 0.0761 e. The highest BCUT2D eigenvalue weighted by Gasteiger charge is 2.14. The molecular weight excluding hydrogens is 195 g/mol. The van der Waals surface area contributed by atoms with Crippen molar-refractivity contribution in [1.29, 1.82) is 0 Å². The second-order valence-corrected chi connectivity index (χ2v) is 3.52. The molecule has 0 saturated carbocycles. The van der Waals surface area contributed by atoms with E-state index in [-0.39, 0.29) is 0 Å². The van der Waals surface area contributed by atoms with Crippen molar-refractivity contribution in [3.8, 4) is 0 Å². The highest BCUT2D eigenvalue weighted by Crippen LogP contribution is 2.28. The van der Waals surface area contributed by atoms with Gasteiger partial charge in [-0.3, -0.25) is 4.99 Å². The van der Waals surface area contributed by atoms with Crippen LogP contribution in [0.5, 0.6) is 0 Å². The number of nitrogens with zero attached hydrogens (tertiary/aromatic N) is 1. The number of halogens is 2. The largest absolute Gasteiger partial charge is 0.329 e. The molecule has 0 aliphatic heterocycles. The molecule has 0 aromatic heterocycles. The van der Waals surface area contributed by atoms with Gasteiger partial charge in [-0.15, -0.1) is 0 Å². The standard InChI is InChI=1S/C8H12Cl2N2/c9-6-2-1-3-7(8(6)10)12-5-4-11/h1-5,11H2. The van der Waals surface area contributed by atoms with E-state index in [0.717, 1.165) is 30.0 Å². The van der Waals surface area contributed by atoms with Crippen molar-refractivity contribution in [3.63, 3.8) is 0 Å². The van der Waals surface area contributed by atoms with Gasteiger partial charge in [0.15, 0.2) is 0 Å². The van der Waals surface area contributed by atoms with Gasteiger partial charge in [0.25, 0.3) is 0 Å². The van der Waals surface area contributed by atoms with Crippen molar-refractivity contribution in [3.05, 3.63) is 10.1 Å². The van der Waals surface area contributed by atoms with Crippen LogP contribution in [0.4, 0.5) is 0 Å². The van der Waals surface area contributed by atoms with E-state index in [1.54, 1.807) is 0 Å². The number of aliphatic imine (C=N–C) groups is 1. The van der Waals surface area contributed by atoms with E-state index in [4.69, 9.17) is 28.9 Å². The van der Waals surface area contributed by atoms with Crippen molar-refractivity contribution in [1.82, 2.24) is 0 Å². The van der Waals surface area contributed by atoms with Crippen LogP contribution < -0.4 is 5.73 Å². The summed E-state index contributed by atoms with van der Waals surface area (Å²) in [5.41, 5.74) is 6.24. The average molecular weight is 207 g/mol. The van der Waals surface area contributed by atoms with Gasteiger partial charge in [-0.25, -0.2) is 0 Å². The van der Waals surface area contributed by atoms with Gasteiger partial charge in [0.1, 0.15) is 0 Å². The smallest absolute Gasteiger partial charge is 0.0761 e. The van der Waals surface area contributed by atoms with Gasteiger partial charge in [-0.2, -0.15) is 0 Å². The summed E-state index contributed by atoms with van der Waals surface area (Å²) in [5, 5.41) is 1.37. The van der Waals surface area contributed by atoms with Crippen LogP contribution in [0.2, 0.25) is 0 Å². The van der Waals surface area contributed by atoms with Crippen LogP contribution in [0.1, 0.15) is 19.3 Å². The fourth-order valence-corrected chi connectivity index (χ4v) is 1.63. The molecule has 2 N–H and O–H groups in total. The predicted octanol–water partition coefficient (Wildman–Crippen LogP) is 2.26. The lowest BCUT2D eigenvalue weighted by Crippen LogP contribution is -2.10. The van der Waals surface area contributed by atoms with E-state index >= 15 is 0 Å². The van der Waals surface area contributed by atoms with Crippen molar-refractivity contribution < 1.29 is 0 Å². The van der Waals surface area contributed by atoms with Crippen LogP contribution in [-0.2, 0) is 0 Å². The van der Waals surface area contributed by atoms with E-state index in [2.05, 4.69) is 4.99 Å². The molecule has 1 rings (SSSR count). The fraction of sp³-hybridized carbons (Fsp3) is 0.625. The molecule has 0 aromatic carbocycles. The quantitative estimate of drug-likeness (QED) is 0.740. The topological polar surface area (TPSA) is 38.4 Å². The molecule has 0 unspecified atom stereocenters. The van der Waals surface area contributed by atoms with E-state index < -0.39 is 0 Å². The Morgan fingerprint density at radius 3 is 2.75 bits per heavy atom. The molecule has 0 atom stereocenters. The molecule has 0 heterocycles. The molecule has 12 heavy (non-hydrogen) atoms. The van der Waals surface area contributed by atoms with Gasteiger partial charge in [0, 0.05) is 11.6 Å². The molecule has 2 nitrogen and oxygen atoms in total. The summed E-state index contributed by atoms with van der Waals surface area (Å²) in [4.78, 5) is 4.25. The Balaban J connectivity index is 2.71. The molecule has 4 heteroatoms.